The van der Waals surface area contributed by atoms with Gasteiger partial charge in [0.05, 0.1) is 11.5 Å². The minimum absolute atomic E-state index is 0.160. The van der Waals surface area contributed by atoms with Crippen molar-refractivity contribution in [1.82, 2.24) is 5.32 Å². The fraction of sp³-hybridized carbons (Fsp3) is 0.654. The molecule has 1 rings (SSSR count). The highest BCUT2D eigenvalue weighted by atomic mass is 127. The second-order valence-electron chi connectivity index (χ2n) is 11.7. The predicted octanol–water partition coefficient (Wildman–Crippen LogP) is 6.44. The van der Waals surface area contributed by atoms with E-state index < -0.39 is 58.5 Å². The van der Waals surface area contributed by atoms with E-state index in [1.807, 2.05) is 22.6 Å². The average Bonchev–Trinajstić information content (AvgIpc) is 2.63. The highest BCUT2D eigenvalue weighted by molar-refractivity contribution is 14.1. The number of alkyl halides is 3. The summed E-state index contributed by atoms with van der Waals surface area (Å²) in [6.07, 6.45) is -5.92. The lowest BCUT2D eigenvalue weighted by atomic mass is 9.91. The normalized spacial score (nSPS) is 14.4. The third-order valence-electron chi connectivity index (χ3n) is 4.48. The first-order chi connectivity index (χ1) is 16.5. The molecule has 0 saturated heterocycles. The van der Waals surface area contributed by atoms with E-state index in [1.54, 1.807) is 62.3 Å². The zero-order valence-corrected chi connectivity index (χ0v) is 24.9. The summed E-state index contributed by atoms with van der Waals surface area (Å²) in [4.78, 5) is 38.7. The predicted molar refractivity (Wildman–Crippen MR) is 141 cm³/mol. The lowest BCUT2D eigenvalue weighted by molar-refractivity contribution is -0.162. The fourth-order valence-electron chi connectivity index (χ4n) is 3.14. The number of ether oxygens (including phenoxy) is 3. The molecule has 2 atom stereocenters. The Balaban J connectivity index is 3.42. The smallest absolute Gasteiger partial charge is 0.416 e. The van der Waals surface area contributed by atoms with Gasteiger partial charge in [-0.3, -0.25) is 4.79 Å². The Morgan fingerprint density at radius 3 is 1.78 bits per heavy atom. The second-order valence-corrected chi connectivity index (χ2v) is 12.9. The van der Waals surface area contributed by atoms with Crippen molar-refractivity contribution in [3.05, 3.63) is 32.9 Å². The first kappa shape index (κ1) is 33.0. The van der Waals surface area contributed by atoms with Crippen molar-refractivity contribution in [2.24, 2.45) is 5.92 Å². The first-order valence-electron chi connectivity index (χ1n) is 11.8. The van der Waals surface area contributed by atoms with E-state index in [0.717, 1.165) is 12.1 Å². The zero-order chi connectivity index (χ0) is 29.0. The SMILES string of the molecule is CC(C)(C)OC(=O)N[C@@H](C[C@H](Cc1cc(C(F)(F)F)ccc1I)C(=O)OC(C)(C)C)C(=O)OC(C)(C)C. The van der Waals surface area contributed by atoms with Crippen molar-refractivity contribution in [2.45, 2.75) is 104 Å². The van der Waals surface area contributed by atoms with Gasteiger partial charge in [0.25, 0.3) is 0 Å². The molecule has 0 aliphatic carbocycles. The van der Waals surface area contributed by atoms with E-state index in [2.05, 4.69) is 5.32 Å². The minimum atomic E-state index is -4.57. The summed E-state index contributed by atoms with van der Waals surface area (Å²) in [6, 6.07) is 1.93. The van der Waals surface area contributed by atoms with Gasteiger partial charge < -0.3 is 19.5 Å². The number of esters is 2. The Labute approximate surface area is 230 Å². The van der Waals surface area contributed by atoms with E-state index in [1.165, 1.54) is 6.07 Å². The van der Waals surface area contributed by atoms with Gasteiger partial charge in [0.1, 0.15) is 22.8 Å². The molecule has 1 N–H and O–H groups in total. The number of hydrogen-bond acceptors (Lipinski definition) is 6. The number of carbonyl (C=O) groups excluding carboxylic acids is 3. The quantitative estimate of drug-likeness (QED) is 0.209. The van der Waals surface area contributed by atoms with Gasteiger partial charge >= 0.3 is 24.2 Å². The van der Waals surface area contributed by atoms with Crippen LogP contribution in [0.3, 0.4) is 0 Å². The van der Waals surface area contributed by atoms with Crippen LogP contribution < -0.4 is 5.32 Å². The van der Waals surface area contributed by atoms with Gasteiger partial charge in [-0.15, -0.1) is 0 Å². The standard InChI is InChI=1S/C26H37F3INO6/c1-23(2,3)35-20(32)16(12-15-13-17(26(27,28)29)10-11-18(15)30)14-19(21(33)36-24(4,5)6)31-22(34)37-25(7,8)9/h10-11,13,16,19H,12,14H2,1-9H3,(H,31,34)/t16-,19-/m0/s1. The largest absolute Gasteiger partial charge is 0.460 e. The Kier molecular flexibility index (Phi) is 10.9. The summed E-state index contributed by atoms with van der Waals surface area (Å²) in [5.74, 6) is -2.62. The number of carbonyl (C=O) groups is 3. The van der Waals surface area contributed by atoms with Crippen LogP contribution in [0.25, 0.3) is 0 Å². The summed E-state index contributed by atoms with van der Waals surface area (Å²) in [7, 11) is 0. The van der Waals surface area contributed by atoms with Gasteiger partial charge in [0.15, 0.2) is 0 Å². The van der Waals surface area contributed by atoms with Crippen LogP contribution in [0.1, 0.15) is 79.9 Å². The molecular formula is C26H37F3INO6. The fourth-order valence-corrected chi connectivity index (χ4v) is 3.70. The first-order valence-corrected chi connectivity index (χ1v) is 12.9. The number of alkyl carbamates (subject to hydrolysis) is 1. The number of halogens is 4. The van der Waals surface area contributed by atoms with Crippen LogP contribution >= 0.6 is 22.6 Å². The van der Waals surface area contributed by atoms with Crippen LogP contribution in [-0.4, -0.2) is 40.9 Å². The third-order valence-corrected chi connectivity index (χ3v) is 5.53. The minimum Gasteiger partial charge on any atom is -0.460 e. The monoisotopic (exact) mass is 643 g/mol. The van der Waals surface area contributed by atoms with E-state index in [4.69, 9.17) is 14.2 Å². The van der Waals surface area contributed by atoms with Crippen molar-refractivity contribution >= 4 is 40.6 Å². The van der Waals surface area contributed by atoms with Gasteiger partial charge in [0, 0.05) is 3.57 Å². The highest BCUT2D eigenvalue weighted by Gasteiger charge is 2.36. The highest BCUT2D eigenvalue weighted by Crippen LogP contribution is 2.32. The summed E-state index contributed by atoms with van der Waals surface area (Å²) in [6.45, 7) is 14.8. The van der Waals surface area contributed by atoms with Crippen LogP contribution in [0, 0.1) is 9.49 Å². The van der Waals surface area contributed by atoms with E-state index in [0.29, 0.717) is 3.57 Å². The van der Waals surface area contributed by atoms with Gasteiger partial charge in [0.2, 0.25) is 0 Å². The van der Waals surface area contributed by atoms with Crippen LogP contribution in [0.15, 0.2) is 18.2 Å². The molecule has 1 amide bonds. The topological polar surface area (TPSA) is 90.9 Å². The molecule has 1 aromatic rings. The molecule has 0 radical (unpaired) electrons. The van der Waals surface area contributed by atoms with Crippen LogP contribution in [0.4, 0.5) is 18.0 Å². The lowest BCUT2D eigenvalue weighted by Crippen LogP contribution is -2.48. The molecule has 37 heavy (non-hydrogen) atoms. The molecule has 1 aromatic carbocycles. The van der Waals surface area contributed by atoms with Gasteiger partial charge in [-0.05, 0) is 122 Å². The van der Waals surface area contributed by atoms with E-state index >= 15 is 0 Å². The molecular weight excluding hydrogens is 606 g/mol. The number of rotatable bonds is 7. The van der Waals surface area contributed by atoms with E-state index in [-0.39, 0.29) is 18.4 Å². The Morgan fingerprint density at radius 2 is 1.32 bits per heavy atom. The van der Waals surface area contributed by atoms with Crippen molar-refractivity contribution in [3.8, 4) is 0 Å². The lowest BCUT2D eigenvalue weighted by Gasteiger charge is -2.29. The molecule has 0 aromatic heterocycles. The average molecular weight is 643 g/mol. The molecule has 0 heterocycles. The molecule has 0 bridgehead atoms. The summed E-state index contributed by atoms with van der Waals surface area (Å²) in [5, 5.41) is 2.45. The van der Waals surface area contributed by atoms with Crippen LogP contribution in [0.5, 0.6) is 0 Å². The molecule has 210 valence electrons. The summed E-state index contributed by atoms with van der Waals surface area (Å²) >= 11 is 1.89. The van der Waals surface area contributed by atoms with Crippen molar-refractivity contribution in [1.29, 1.82) is 0 Å². The Hall–Kier alpha value is -2.05. The maximum absolute atomic E-state index is 13.4. The number of nitrogens with one attached hydrogen (secondary N) is 1. The molecule has 0 spiro atoms. The van der Waals surface area contributed by atoms with Gasteiger partial charge in [-0.25, -0.2) is 9.59 Å². The molecule has 0 aliphatic rings. The molecule has 7 nitrogen and oxygen atoms in total. The zero-order valence-electron chi connectivity index (χ0n) is 22.8. The number of amides is 1. The van der Waals surface area contributed by atoms with Gasteiger partial charge in [-0.1, -0.05) is 0 Å². The maximum Gasteiger partial charge on any atom is 0.416 e. The van der Waals surface area contributed by atoms with E-state index in [9.17, 15) is 27.6 Å². The number of benzene rings is 1. The van der Waals surface area contributed by atoms with Gasteiger partial charge in [-0.2, -0.15) is 13.2 Å². The molecule has 0 aliphatic heterocycles. The Bertz CT molecular complexity index is 974. The van der Waals surface area contributed by atoms with Crippen molar-refractivity contribution in [2.75, 3.05) is 0 Å². The second kappa shape index (κ2) is 12.2. The van der Waals surface area contributed by atoms with Crippen molar-refractivity contribution < 1.29 is 41.8 Å². The summed E-state index contributed by atoms with van der Waals surface area (Å²) < 4.78 is 56.8. The van der Waals surface area contributed by atoms with Crippen LogP contribution in [-0.2, 0) is 36.4 Å². The number of hydrogen-bond donors (Lipinski definition) is 1. The molecule has 0 fully saturated rings. The molecule has 0 saturated carbocycles. The van der Waals surface area contributed by atoms with Crippen molar-refractivity contribution in [3.63, 3.8) is 0 Å². The molecule has 11 heteroatoms. The Morgan fingerprint density at radius 1 is 0.838 bits per heavy atom. The molecule has 0 unspecified atom stereocenters. The van der Waals surface area contributed by atoms with Crippen LogP contribution in [0.2, 0.25) is 0 Å². The third kappa shape index (κ3) is 12.8. The summed E-state index contributed by atoms with van der Waals surface area (Å²) in [5.41, 5.74) is -3.26. The maximum atomic E-state index is 13.4.